The van der Waals surface area contributed by atoms with Crippen LogP contribution >= 0.6 is 0 Å². The highest BCUT2D eigenvalue weighted by molar-refractivity contribution is 5.78. The van der Waals surface area contributed by atoms with Gasteiger partial charge < -0.3 is 19.3 Å². The summed E-state index contributed by atoms with van der Waals surface area (Å²) in [5.41, 5.74) is 1.99. The van der Waals surface area contributed by atoms with E-state index in [2.05, 4.69) is 9.88 Å². The first kappa shape index (κ1) is 16.5. The highest BCUT2D eigenvalue weighted by Crippen LogP contribution is 2.19. The SMILES string of the molecule is O=C(CCn1cnc2ccccc21)N1C[C@H](O)[C@@H](N2CCOCC2)C1. The third-order valence-electron chi connectivity index (χ3n) is 5.22. The second kappa shape index (κ2) is 7.11. The average molecular weight is 344 g/mol. The van der Waals surface area contributed by atoms with Crippen LogP contribution < -0.4 is 0 Å². The van der Waals surface area contributed by atoms with Gasteiger partial charge in [0.1, 0.15) is 0 Å². The summed E-state index contributed by atoms with van der Waals surface area (Å²) in [4.78, 5) is 21.0. The lowest BCUT2D eigenvalue weighted by molar-refractivity contribution is -0.130. The summed E-state index contributed by atoms with van der Waals surface area (Å²) in [6, 6.07) is 7.95. The molecule has 0 saturated carbocycles. The maximum atomic E-state index is 12.6. The number of carbonyl (C=O) groups excluding carboxylic acids is 1. The molecule has 2 aromatic rings. The predicted molar refractivity (Wildman–Crippen MR) is 93.1 cm³/mol. The van der Waals surface area contributed by atoms with Crippen molar-refractivity contribution in [2.75, 3.05) is 39.4 Å². The predicted octanol–water partition coefficient (Wildman–Crippen LogP) is 0.330. The molecule has 4 rings (SSSR count). The van der Waals surface area contributed by atoms with E-state index in [-0.39, 0.29) is 11.9 Å². The van der Waals surface area contributed by atoms with Gasteiger partial charge in [0.25, 0.3) is 0 Å². The van der Waals surface area contributed by atoms with E-state index in [0.717, 1.165) is 24.1 Å². The van der Waals surface area contributed by atoms with Crippen LogP contribution in [-0.4, -0.2) is 81.9 Å². The van der Waals surface area contributed by atoms with E-state index in [9.17, 15) is 9.90 Å². The van der Waals surface area contributed by atoms with Crippen molar-refractivity contribution < 1.29 is 14.6 Å². The fourth-order valence-corrected chi connectivity index (χ4v) is 3.80. The maximum absolute atomic E-state index is 12.6. The van der Waals surface area contributed by atoms with Crippen LogP contribution in [0.1, 0.15) is 6.42 Å². The summed E-state index contributed by atoms with van der Waals surface area (Å²) >= 11 is 0. The Hall–Kier alpha value is -1.96. The number of ether oxygens (including phenoxy) is 1. The molecule has 7 nitrogen and oxygen atoms in total. The van der Waals surface area contributed by atoms with Gasteiger partial charge in [-0.2, -0.15) is 0 Å². The van der Waals surface area contributed by atoms with E-state index in [0.29, 0.717) is 39.3 Å². The number of aryl methyl sites for hydroxylation is 1. The summed E-state index contributed by atoms with van der Waals surface area (Å²) in [5.74, 6) is 0.0904. The van der Waals surface area contributed by atoms with Crippen LogP contribution in [-0.2, 0) is 16.1 Å². The Morgan fingerprint density at radius 3 is 2.88 bits per heavy atom. The Morgan fingerprint density at radius 1 is 1.24 bits per heavy atom. The first-order valence-electron chi connectivity index (χ1n) is 8.90. The standard InChI is InChI=1S/C18H24N4O3/c23-17-12-22(11-16(17)20-7-9-25-10-8-20)18(24)5-6-21-13-19-14-3-1-2-4-15(14)21/h1-4,13,16-17,23H,5-12H2/t16-,17-/m0/s1. The van der Waals surface area contributed by atoms with Crippen LogP contribution in [0.25, 0.3) is 11.0 Å². The van der Waals surface area contributed by atoms with Gasteiger partial charge in [-0.25, -0.2) is 4.98 Å². The van der Waals surface area contributed by atoms with Gasteiger partial charge >= 0.3 is 0 Å². The van der Waals surface area contributed by atoms with Gasteiger partial charge in [0.2, 0.25) is 5.91 Å². The number of morpholine rings is 1. The number of aliphatic hydroxyl groups excluding tert-OH is 1. The molecule has 7 heteroatoms. The van der Waals surface area contributed by atoms with Gasteiger partial charge in [0, 0.05) is 39.1 Å². The molecule has 1 N–H and O–H groups in total. The van der Waals surface area contributed by atoms with E-state index in [4.69, 9.17) is 4.74 Å². The molecule has 0 spiro atoms. The molecule has 0 radical (unpaired) electrons. The van der Waals surface area contributed by atoms with E-state index >= 15 is 0 Å². The second-order valence-electron chi connectivity index (χ2n) is 6.76. The number of benzene rings is 1. The smallest absolute Gasteiger partial charge is 0.224 e. The van der Waals surface area contributed by atoms with Crippen LogP contribution in [0.4, 0.5) is 0 Å². The Bertz CT molecular complexity index is 741. The minimum Gasteiger partial charge on any atom is -0.390 e. The van der Waals surface area contributed by atoms with Crippen LogP contribution in [0, 0.1) is 0 Å². The molecule has 2 fully saturated rings. The van der Waals surface area contributed by atoms with Crippen molar-refractivity contribution in [2.45, 2.75) is 25.1 Å². The zero-order chi connectivity index (χ0) is 17.2. The molecule has 1 amide bonds. The highest BCUT2D eigenvalue weighted by Gasteiger charge is 2.37. The Kier molecular flexibility index (Phi) is 4.70. The molecule has 0 aliphatic carbocycles. The number of rotatable bonds is 4. The van der Waals surface area contributed by atoms with E-state index in [1.54, 1.807) is 11.2 Å². The number of carbonyl (C=O) groups is 1. The van der Waals surface area contributed by atoms with Crippen molar-refractivity contribution in [2.24, 2.45) is 0 Å². The van der Waals surface area contributed by atoms with Crippen LogP contribution in [0.2, 0.25) is 0 Å². The lowest BCUT2D eigenvalue weighted by Crippen LogP contribution is -2.49. The van der Waals surface area contributed by atoms with Gasteiger partial charge in [0.05, 0.1) is 42.7 Å². The molecule has 0 unspecified atom stereocenters. The number of aromatic nitrogens is 2. The Labute approximate surface area is 146 Å². The van der Waals surface area contributed by atoms with Crippen molar-refractivity contribution in [1.29, 1.82) is 0 Å². The van der Waals surface area contributed by atoms with Crippen molar-refractivity contribution >= 4 is 16.9 Å². The maximum Gasteiger partial charge on any atom is 0.224 e. The van der Waals surface area contributed by atoms with Crippen LogP contribution in [0.15, 0.2) is 30.6 Å². The Balaban J connectivity index is 1.35. The topological polar surface area (TPSA) is 70.8 Å². The molecule has 2 aliphatic rings. The van der Waals surface area contributed by atoms with Crippen LogP contribution in [0.3, 0.4) is 0 Å². The number of amides is 1. The average Bonchev–Trinajstić information content (AvgIpc) is 3.24. The molecule has 25 heavy (non-hydrogen) atoms. The zero-order valence-corrected chi connectivity index (χ0v) is 14.3. The lowest BCUT2D eigenvalue weighted by atomic mass is 10.1. The quantitative estimate of drug-likeness (QED) is 0.866. The third kappa shape index (κ3) is 3.40. The summed E-state index contributed by atoms with van der Waals surface area (Å²) in [6.45, 7) is 4.68. The molecular weight excluding hydrogens is 320 g/mol. The zero-order valence-electron chi connectivity index (χ0n) is 14.3. The van der Waals surface area contributed by atoms with Gasteiger partial charge in [0.15, 0.2) is 0 Å². The monoisotopic (exact) mass is 344 g/mol. The first-order chi connectivity index (χ1) is 12.2. The lowest BCUT2D eigenvalue weighted by Gasteiger charge is -2.33. The number of fused-ring (bicyclic) bond motifs is 1. The normalized spacial score (nSPS) is 24.9. The number of para-hydroxylation sites is 2. The molecule has 134 valence electrons. The van der Waals surface area contributed by atoms with E-state index in [1.807, 2.05) is 28.8 Å². The first-order valence-corrected chi connectivity index (χ1v) is 8.90. The number of nitrogens with zero attached hydrogens (tertiary/aromatic N) is 4. The van der Waals surface area contributed by atoms with Gasteiger partial charge in [-0.05, 0) is 12.1 Å². The fourth-order valence-electron chi connectivity index (χ4n) is 3.80. The minimum absolute atomic E-state index is 0.0296. The molecule has 1 aromatic heterocycles. The number of aliphatic hydroxyl groups is 1. The van der Waals surface area contributed by atoms with Gasteiger partial charge in [-0.15, -0.1) is 0 Å². The summed E-state index contributed by atoms with van der Waals surface area (Å²) in [6.07, 6.45) is 1.73. The summed E-state index contributed by atoms with van der Waals surface area (Å²) < 4.78 is 7.38. The van der Waals surface area contributed by atoms with Crippen molar-refractivity contribution in [1.82, 2.24) is 19.4 Å². The van der Waals surface area contributed by atoms with Gasteiger partial charge in [-0.1, -0.05) is 12.1 Å². The minimum atomic E-state index is -0.476. The molecule has 1 aromatic carbocycles. The molecule has 3 heterocycles. The Morgan fingerprint density at radius 2 is 2.04 bits per heavy atom. The van der Waals surface area contributed by atoms with Gasteiger partial charge in [-0.3, -0.25) is 9.69 Å². The molecule has 2 atom stereocenters. The summed E-state index contributed by atoms with van der Waals surface area (Å²) in [5, 5.41) is 10.4. The third-order valence-corrected chi connectivity index (χ3v) is 5.22. The van der Waals surface area contributed by atoms with Crippen molar-refractivity contribution in [3.05, 3.63) is 30.6 Å². The number of hydrogen-bond donors (Lipinski definition) is 1. The number of hydrogen-bond acceptors (Lipinski definition) is 5. The van der Waals surface area contributed by atoms with Crippen LogP contribution in [0.5, 0.6) is 0 Å². The largest absolute Gasteiger partial charge is 0.390 e. The molecular formula is C18H24N4O3. The fraction of sp³-hybridized carbons (Fsp3) is 0.556. The highest BCUT2D eigenvalue weighted by atomic mass is 16.5. The molecule has 2 saturated heterocycles. The molecule has 0 bridgehead atoms. The number of likely N-dealkylation sites (tertiary alicyclic amines) is 1. The summed E-state index contributed by atoms with van der Waals surface area (Å²) in [7, 11) is 0. The molecule has 2 aliphatic heterocycles. The number of imidazole rings is 1. The van der Waals surface area contributed by atoms with E-state index < -0.39 is 6.10 Å². The second-order valence-corrected chi connectivity index (χ2v) is 6.76. The van der Waals surface area contributed by atoms with Crippen molar-refractivity contribution in [3.63, 3.8) is 0 Å². The van der Waals surface area contributed by atoms with Crippen molar-refractivity contribution in [3.8, 4) is 0 Å². The van der Waals surface area contributed by atoms with E-state index in [1.165, 1.54) is 0 Å². The number of β-amino-alcohol motifs (C(OH)–C–C–N with tert-alkyl or cyclic N) is 1.